The van der Waals surface area contributed by atoms with Crippen molar-refractivity contribution in [1.82, 2.24) is 20.3 Å². The molecule has 0 aromatic carbocycles. The predicted molar refractivity (Wildman–Crippen MR) is 84.4 cm³/mol. The van der Waals surface area contributed by atoms with Crippen molar-refractivity contribution >= 4 is 16.9 Å². The van der Waals surface area contributed by atoms with Gasteiger partial charge in [-0.25, -0.2) is 9.97 Å². The molecule has 5 heteroatoms. The van der Waals surface area contributed by atoms with Crippen LogP contribution in [0.25, 0.3) is 11.0 Å². The summed E-state index contributed by atoms with van der Waals surface area (Å²) in [5, 5.41) is 4.67. The normalized spacial score (nSPS) is 29.3. The van der Waals surface area contributed by atoms with Crippen LogP contribution in [0.1, 0.15) is 25.7 Å². The summed E-state index contributed by atoms with van der Waals surface area (Å²) in [5.41, 5.74) is 0.933. The molecule has 1 unspecified atom stereocenters. The van der Waals surface area contributed by atoms with E-state index in [2.05, 4.69) is 38.3 Å². The molecule has 2 fully saturated rings. The standard InChI is InChI=1S/C16H23N5/c1-21(16-14-5-7-18-15(14)19-10-20-16)13-3-2-12-9-17-6-4-11(12)8-13/h5,7,10-13,17H,2-4,6,8-9H2,1H3,(H,18,19,20)/t11-,12-,13?/m0/s1. The first-order valence-electron chi connectivity index (χ1n) is 8.04. The van der Waals surface area contributed by atoms with E-state index in [-0.39, 0.29) is 0 Å². The van der Waals surface area contributed by atoms with Gasteiger partial charge in [0, 0.05) is 19.3 Å². The van der Waals surface area contributed by atoms with E-state index in [0.717, 1.165) is 28.7 Å². The van der Waals surface area contributed by atoms with Crippen LogP contribution in [-0.4, -0.2) is 41.1 Å². The van der Waals surface area contributed by atoms with Gasteiger partial charge >= 0.3 is 0 Å². The Morgan fingerprint density at radius 2 is 2.14 bits per heavy atom. The zero-order valence-corrected chi connectivity index (χ0v) is 12.5. The van der Waals surface area contributed by atoms with E-state index in [9.17, 15) is 0 Å². The molecule has 4 rings (SSSR count). The Kier molecular flexibility index (Phi) is 3.30. The topological polar surface area (TPSA) is 56.8 Å². The molecule has 0 amide bonds. The molecule has 3 heterocycles. The minimum Gasteiger partial charge on any atom is -0.356 e. The minimum atomic E-state index is 0.609. The van der Waals surface area contributed by atoms with Gasteiger partial charge in [0.15, 0.2) is 0 Å². The number of hydrogen-bond acceptors (Lipinski definition) is 4. The van der Waals surface area contributed by atoms with Crippen molar-refractivity contribution in [3.63, 3.8) is 0 Å². The number of aromatic amines is 1. The summed E-state index contributed by atoms with van der Waals surface area (Å²) >= 11 is 0. The van der Waals surface area contributed by atoms with Gasteiger partial charge in [-0.3, -0.25) is 0 Å². The monoisotopic (exact) mass is 285 g/mol. The van der Waals surface area contributed by atoms with Gasteiger partial charge in [-0.2, -0.15) is 0 Å². The second-order valence-corrected chi connectivity index (χ2v) is 6.53. The van der Waals surface area contributed by atoms with Gasteiger partial charge < -0.3 is 15.2 Å². The molecular weight excluding hydrogens is 262 g/mol. The zero-order valence-electron chi connectivity index (χ0n) is 12.5. The van der Waals surface area contributed by atoms with Crippen LogP contribution in [0.2, 0.25) is 0 Å². The van der Waals surface area contributed by atoms with Crippen LogP contribution in [0.5, 0.6) is 0 Å². The Balaban J connectivity index is 1.57. The van der Waals surface area contributed by atoms with Crippen LogP contribution < -0.4 is 10.2 Å². The van der Waals surface area contributed by atoms with E-state index in [1.807, 2.05) is 6.20 Å². The highest BCUT2D eigenvalue weighted by atomic mass is 15.2. The van der Waals surface area contributed by atoms with Gasteiger partial charge in [-0.05, 0) is 56.7 Å². The highest BCUT2D eigenvalue weighted by molar-refractivity contribution is 5.87. The zero-order chi connectivity index (χ0) is 14.2. The molecular formula is C16H23N5. The van der Waals surface area contributed by atoms with Gasteiger partial charge in [-0.15, -0.1) is 0 Å². The summed E-state index contributed by atoms with van der Waals surface area (Å²) < 4.78 is 0. The lowest BCUT2D eigenvalue weighted by Crippen LogP contribution is -2.45. The summed E-state index contributed by atoms with van der Waals surface area (Å²) in [5.74, 6) is 2.84. The summed E-state index contributed by atoms with van der Waals surface area (Å²) in [6, 6.07) is 2.69. The first-order valence-corrected chi connectivity index (χ1v) is 8.04. The average Bonchev–Trinajstić information content (AvgIpc) is 3.02. The SMILES string of the molecule is CN(c1ncnc2[nH]ccc12)C1CC[C@H]2CNCC[C@H]2C1. The molecule has 112 valence electrons. The van der Waals surface area contributed by atoms with Crippen molar-refractivity contribution in [2.24, 2.45) is 11.8 Å². The number of rotatable bonds is 2. The molecule has 2 aromatic heterocycles. The van der Waals surface area contributed by atoms with Crippen molar-refractivity contribution in [3.8, 4) is 0 Å². The van der Waals surface area contributed by atoms with Crippen molar-refractivity contribution in [3.05, 3.63) is 18.6 Å². The molecule has 21 heavy (non-hydrogen) atoms. The lowest BCUT2D eigenvalue weighted by molar-refractivity contribution is 0.168. The van der Waals surface area contributed by atoms with Crippen LogP contribution in [0.3, 0.4) is 0 Å². The molecule has 0 bridgehead atoms. The molecule has 1 saturated heterocycles. The second kappa shape index (κ2) is 5.30. The van der Waals surface area contributed by atoms with Gasteiger partial charge in [0.25, 0.3) is 0 Å². The quantitative estimate of drug-likeness (QED) is 0.888. The maximum Gasteiger partial charge on any atom is 0.142 e. The van der Waals surface area contributed by atoms with Crippen LogP contribution in [0.15, 0.2) is 18.6 Å². The Bertz CT molecular complexity index is 622. The van der Waals surface area contributed by atoms with Crippen LogP contribution in [0, 0.1) is 11.8 Å². The fourth-order valence-electron chi connectivity index (χ4n) is 4.16. The molecule has 2 aliphatic rings. The molecule has 3 atom stereocenters. The van der Waals surface area contributed by atoms with E-state index in [0.29, 0.717) is 6.04 Å². The van der Waals surface area contributed by atoms with Crippen LogP contribution >= 0.6 is 0 Å². The lowest BCUT2D eigenvalue weighted by atomic mass is 9.73. The second-order valence-electron chi connectivity index (χ2n) is 6.53. The maximum absolute atomic E-state index is 4.54. The fraction of sp³-hybridized carbons (Fsp3) is 0.625. The highest BCUT2D eigenvalue weighted by Gasteiger charge is 2.34. The van der Waals surface area contributed by atoms with Crippen molar-refractivity contribution < 1.29 is 0 Å². The molecule has 5 nitrogen and oxygen atoms in total. The molecule has 2 aromatic rings. The molecule has 2 N–H and O–H groups in total. The number of H-pyrrole nitrogens is 1. The maximum atomic E-state index is 4.54. The van der Waals surface area contributed by atoms with Gasteiger partial charge in [0.1, 0.15) is 17.8 Å². The number of fused-ring (bicyclic) bond motifs is 2. The summed E-state index contributed by atoms with van der Waals surface area (Å²) in [4.78, 5) is 14.4. The fourth-order valence-corrected chi connectivity index (χ4v) is 4.16. The number of aromatic nitrogens is 3. The lowest BCUT2D eigenvalue weighted by Gasteiger charge is -2.43. The number of anilines is 1. The number of nitrogens with zero attached hydrogens (tertiary/aromatic N) is 3. The number of hydrogen-bond donors (Lipinski definition) is 2. The Morgan fingerprint density at radius 1 is 1.19 bits per heavy atom. The largest absolute Gasteiger partial charge is 0.356 e. The first-order chi connectivity index (χ1) is 10.3. The van der Waals surface area contributed by atoms with Crippen molar-refractivity contribution in [2.75, 3.05) is 25.0 Å². The summed E-state index contributed by atoms with van der Waals surface area (Å²) in [7, 11) is 2.20. The molecule has 0 radical (unpaired) electrons. The van der Waals surface area contributed by atoms with Gasteiger partial charge in [0.05, 0.1) is 5.39 Å². The Labute approximate surface area is 125 Å². The van der Waals surface area contributed by atoms with E-state index in [1.165, 1.54) is 38.8 Å². The highest BCUT2D eigenvalue weighted by Crippen LogP contribution is 2.37. The summed E-state index contributed by atoms with van der Waals surface area (Å²) in [6.45, 7) is 2.41. The third-order valence-electron chi connectivity index (χ3n) is 5.43. The minimum absolute atomic E-state index is 0.609. The smallest absolute Gasteiger partial charge is 0.142 e. The van der Waals surface area contributed by atoms with Gasteiger partial charge in [-0.1, -0.05) is 0 Å². The number of nitrogens with one attached hydrogen (secondary N) is 2. The van der Waals surface area contributed by atoms with E-state index >= 15 is 0 Å². The van der Waals surface area contributed by atoms with Gasteiger partial charge in [0.2, 0.25) is 0 Å². The average molecular weight is 285 g/mol. The summed E-state index contributed by atoms with van der Waals surface area (Å²) in [6.07, 6.45) is 8.86. The molecule has 0 spiro atoms. The van der Waals surface area contributed by atoms with Crippen molar-refractivity contribution in [1.29, 1.82) is 0 Å². The van der Waals surface area contributed by atoms with Crippen molar-refractivity contribution in [2.45, 2.75) is 31.7 Å². The molecule has 1 aliphatic carbocycles. The van der Waals surface area contributed by atoms with E-state index in [1.54, 1.807) is 6.33 Å². The van der Waals surface area contributed by atoms with E-state index in [4.69, 9.17) is 0 Å². The van der Waals surface area contributed by atoms with E-state index < -0.39 is 0 Å². The molecule has 1 saturated carbocycles. The predicted octanol–water partition coefficient (Wildman–Crippen LogP) is 2.17. The Hall–Kier alpha value is -1.62. The number of piperidine rings is 1. The van der Waals surface area contributed by atoms with Crippen LogP contribution in [0.4, 0.5) is 5.82 Å². The third kappa shape index (κ3) is 2.29. The molecule has 1 aliphatic heterocycles. The van der Waals surface area contributed by atoms with Crippen LogP contribution in [-0.2, 0) is 0 Å². The third-order valence-corrected chi connectivity index (χ3v) is 5.43. The first kappa shape index (κ1) is 13.1. The Morgan fingerprint density at radius 3 is 3.10 bits per heavy atom.